The van der Waals surface area contributed by atoms with Gasteiger partial charge in [-0.05, 0) is 35.4 Å². The first-order valence-electron chi connectivity index (χ1n) is 5.44. The Hall–Kier alpha value is -1.09. The number of aliphatic hydroxyl groups excluding tert-OH is 1. The first kappa shape index (κ1) is 13.3. The van der Waals surface area contributed by atoms with Crippen LogP contribution in [0.25, 0.3) is 0 Å². The van der Waals surface area contributed by atoms with E-state index in [2.05, 4.69) is 0 Å². The highest BCUT2D eigenvalue weighted by molar-refractivity contribution is 6.31. The number of benzene rings is 2. The molecule has 1 unspecified atom stereocenters. The van der Waals surface area contributed by atoms with Gasteiger partial charge in [-0.2, -0.15) is 0 Å². The monoisotopic (exact) mass is 284 g/mol. The second-order valence-electron chi connectivity index (χ2n) is 4.02. The Kier molecular flexibility index (Phi) is 4.23. The summed E-state index contributed by atoms with van der Waals surface area (Å²) in [5.41, 5.74) is 1.50. The smallest absolute Gasteiger partial charge is 0.141 e. The van der Waals surface area contributed by atoms with Crippen LogP contribution in [-0.2, 0) is 6.42 Å². The quantitative estimate of drug-likeness (QED) is 0.885. The molecular weight excluding hydrogens is 274 g/mol. The highest BCUT2D eigenvalue weighted by atomic mass is 35.5. The van der Waals surface area contributed by atoms with Crippen molar-refractivity contribution < 1.29 is 9.50 Å². The van der Waals surface area contributed by atoms with E-state index in [1.165, 1.54) is 12.1 Å². The van der Waals surface area contributed by atoms with Crippen LogP contribution >= 0.6 is 23.2 Å². The van der Waals surface area contributed by atoms with Gasteiger partial charge in [-0.3, -0.25) is 0 Å². The van der Waals surface area contributed by atoms with Crippen LogP contribution in [0.5, 0.6) is 0 Å². The molecule has 2 aromatic carbocycles. The van der Waals surface area contributed by atoms with Gasteiger partial charge in [-0.1, -0.05) is 41.4 Å². The van der Waals surface area contributed by atoms with Crippen molar-refractivity contribution in [2.45, 2.75) is 12.5 Å². The molecule has 0 aliphatic rings. The highest BCUT2D eigenvalue weighted by Gasteiger charge is 2.10. The minimum absolute atomic E-state index is 0.0609. The lowest BCUT2D eigenvalue weighted by Crippen LogP contribution is -2.02. The maximum atomic E-state index is 13.0. The maximum absolute atomic E-state index is 13.0. The average molecular weight is 285 g/mol. The second-order valence-corrected chi connectivity index (χ2v) is 4.87. The molecule has 1 nitrogen and oxygen atoms in total. The normalized spacial score (nSPS) is 12.4. The van der Waals surface area contributed by atoms with Crippen molar-refractivity contribution in [1.82, 2.24) is 0 Å². The number of halogens is 3. The van der Waals surface area contributed by atoms with Crippen LogP contribution in [0.1, 0.15) is 17.2 Å². The molecule has 2 aromatic rings. The third-order valence-electron chi connectivity index (χ3n) is 2.65. The summed E-state index contributed by atoms with van der Waals surface area (Å²) in [5.74, 6) is -0.460. The molecule has 2 rings (SSSR count). The lowest BCUT2D eigenvalue weighted by molar-refractivity contribution is 0.178. The zero-order valence-electron chi connectivity index (χ0n) is 9.41. The van der Waals surface area contributed by atoms with Crippen LogP contribution in [-0.4, -0.2) is 5.11 Å². The van der Waals surface area contributed by atoms with Gasteiger partial charge in [0.2, 0.25) is 0 Å². The van der Waals surface area contributed by atoms with Gasteiger partial charge >= 0.3 is 0 Å². The molecule has 0 radical (unpaired) electrons. The van der Waals surface area contributed by atoms with E-state index in [1.54, 1.807) is 30.3 Å². The summed E-state index contributed by atoms with van der Waals surface area (Å²) >= 11 is 11.5. The van der Waals surface area contributed by atoms with Gasteiger partial charge in [-0.15, -0.1) is 0 Å². The molecule has 18 heavy (non-hydrogen) atoms. The van der Waals surface area contributed by atoms with Crippen LogP contribution in [0.4, 0.5) is 4.39 Å². The van der Waals surface area contributed by atoms with Crippen LogP contribution < -0.4 is 0 Å². The van der Waals surface area contributed by atoms with Gasteiger partial charge in [0.1, 0.15) is 5.82 Å². The molecule has 0 saturated carbocycles. The predicted octanol–water partition coefficient (Wildman–Crippen LogP) is 4.41. The fraction of sp³-hybridized carbons (Fsp3) is 0.143. The van der Waals surface area contributed by atoms with E-state index < -0.39 is 11.9 Å². The molecule has 0 aliphatic carbocycles. The minimum atomic E-state index is -0.690. The first-order valence-corrected chi connectivity index (χ1v) is 6.19. The zero-order chi connectivity index (χ0) is 13.1. The number of hydrogen-bond donors (Lipinski definition) is 1. The Balaban J connectivity index is 2.16. The minimum Gasteiger partial charge on any atom is -0.388 e. The molecule has 0 aliphatic heterocycles. The molecule has 0 amide bonds. The first-order chi connectivity index (χ1) is 8.56. The lowest BCUT2D eigenvalue weighted by atomic mass is 10.0. The molecule has 4 heteroatoms. The SMILES string of the molecule is OC(Cc1ccc(F)c(Cl)c1)c1cccc(Cl)c1. The van der Waals surface area contributed by atoms with Crippen LogP contribution in [0.2, 0.25) is 10.0 Å². The number of aliphatic hydroxyl groups is 1. The fourth-order valence-electron chi connectivity index (χ4n) is 1.72. The molecule has 0 fully saturated rings. The third kappa shape index (κ3) is 3.22. The van der Waals surface area contributed by atoms with Gasteiger partial charge in [0, 0.05) is 11.4 Å². The summed E-state index contributed by atoms with van der Waals surface area (Å²) in [6.07, 6.45) is -0.328. The molecule has 94 valence electrons. The average Bonchev–Trinajstić information content (AvgIpc) is 2.34. The Morgan fingerprint density at radius 3 is 2.56 bits per heavy atom. The lowest BCUT2D eigenvalue weighted by Gasteiger charge is -2.11. The van der Waals surface area contributed by atoms with Gasteiger partial charge in [-0.25, -0.2) is 4.39 Å². The van der Waals surface area contributed by atoms with Crippen LogP contribution in [0.15, 0.2) is 42.5 Å². The molecular formula is C14H11Cl2FO. The Morgan fingerprint density at radius 2 is 1.89 bits per heavy atom. The second kappa shape index (κ2) is 5.70. The van der Waals surface area contributed by atoms with Crippen molar-refractivity contribution in [1.29, 1.82) is 0 Å². The Morgan fingerprint density at radius 1 is 1.11 bits per heavy atom. The standard InChI is InChI=1S/C14H11Cl2FO/c15-11-3-1-2-10(8-11)14(18)7-9-4-5-13(17)12(16)6-9/h1-6,8,14,18H,7H2. The molecule has 1 N–H and O–H groups in total. The molecule has 0 heterocycles. The van der Waals surface area contributed by atoms with E-state index in [1.807, 2.05) is 0 Å². The van der Waals surface area contributed by atoms with Crippen molar-refractivity contribution in [2.75, 3.05) is 0 Å². The van der Waals surface area contributed by atoms with Crippen LogP contribution in [0.3, 0.4) is 0 Å². The van der Waals surface area contributed by atoms with Crippen molar-refractivity contribution in [3.05, 3.63) is 69.5 Å². The summed E-state index contributed by atoms with van der Waals surface area (Å²) in [7, 11) is 0. The van der Waals surface area contributed by atoms with E-state index in [-0.39, 0.29) is 5.02 Å². The Bertz CT molecular complexity index is 557. The van der Waals surface area contributed by atoms with Gasteiger partial charge in [0.05, 0.1) is 11.1 Å². The van der Waals surface area contributed by atoms with Gasteiger partial charge in [0.25, 0.3) is 0 Å². The van der Waals surface area contributed by atoms with Crippen molar-refractivity contribution >= 4 is 23.2 Å². The predicted molar refractivity (Wildman–Crippen MR) is 71.5 cm³/mol. The van der Waals surface area contributed by atoms with Crippen LogP contribution in [0, 0.1) is 5.82 Å². The van der Waals surface area contributed by atoms with E-state index >= 15 is 0 Å². The summed E-state index contributed by atoms with van der Waals surface area (Å²) in [6, 6.07) is 11.4. The molecule has 0 saturated heterocycles. The number of hydrogen-bond acceptors (Lipinski definition) is 1. The van der Waals surface area contributed by atoms with Gasteiger partial charge < -0.3 is 5.11 Å². The fourth-order valence-corrected chi connectivity index (χ4v) is 2.12. The topological polar surface area (TPSA) is 20.2 Å². The van der Waals surface area contributed by atoms with Crippen molar-refractivity contribution in [3.63, 3.8) is 0 Å². The van der Waals surface area contributed by atoms with Crippen molar-refractivity contribution in [2.24, 2.45) is 0 Å². The molecule has 0 aromatic heterocycles. The summed E-state index contributed by atoms with van der Waals surface area (Å²) in [4.78, 5) is 0. The summed E-state index contributed by atoms with van der Waals surface area (Å²) in [5, 5.41) is 10.7. The molecule has 1 atom stereocenters. The van der Waals surface area contributed by atoms with E-state index in [0.29, 0.717) is 11.4 Å². The summed E-state index contributed by atoms with van der Waals surface area (Å²) < 4.78 is 13.0. The molecule has 0 spiro atoms. The maximum Gasteiger partial charge on any atom is 0.141 e. The van der Waals surface area contributed by atoms with E-state index in [4.69, 9.17) is 23.2 Å². The zero-order valence-corrected chi connectivity index (χ0v) is 10.9. The van der Waals surface area contributed by atoms with Gasteiger partial charge in [0.15, 0.2) is 0 Å². The summed E-state index contributed by atoms with van der Waals surface area (Å²) in [6.45, 7) is 0. The molecule has 0 bridgehead atoms. The Labute approximate surface area is 115 Å². The van der Waals surface area contributed by atoms with E-state index in [0.717, 1.165) is 11.1 Å². The highest BCUT2D eigenvalue weighted by Crippen LogP contribution is 2.23. The largest absolute Gasteiger partial charge is 0.388 e. The van der Waals surface area contributed by atoms with Crippen molar-refractivity contribution in [3.8, 4) is 0 Å². The third-order valence-corrected chi connectivity index (χ3v) is 3.17. The van der Waals surface area contributed by atoms with E-state index in [9.17, 15) is 9.50 Å². The number of rotatable bonds is 3.